The lowest BCUT2D eigenvalue weighted by Crippen LogP contribution is -2.42. The van der Waals surface area contributed by atoms with Crippen LogP contribution in [0.3, 0.4) is 0 Å². The predicted octanol–water partition coefficient (Wildman–Crippen LogP) is 3.64. The molecule has 10 nitrogen and oxygen atoms in total. The molecule has 1 heterocycles. The minimum Gasteiger partial charge on any atom is -0.503 e. The molecule has 0 saturated heterocycles. The highest BCUT2D eigenvalue weighted by Crippen LogP contribution is 2.24. The summed E-state index contributed by atoms with van der Waals surface area (Å²) in [4.78, 5) is 38.3. The number of esters is 1. The van der Waals surface area contributed by atoms with Gasteiger partial charge in [-0.1, -0.05) is 24.3 Å². The van der Waals surface area contributed by atoms with Crippen molar-refractivity contribution in [1.29, 1.82) is 0 Å². The molecular weight excluding hydrogens is 420 g/mol. The molecular formula is C22H22N2O8. The maximum Gasteiger partial charge on any atom is 0.417 e. The molecule has 0 aromatic heterocycles. The number of aliphatic hydroxyl groups is 2. The summed E-state index contributed by atoms with van der Waals surface area (Å²) in [5.41, 5.74) is 2.54. The number of carbonyl (C=O) groups is 3. The molecule has 10 heteroatoms. The molecule has 1 aliphatic heterocycles. The van der Waals surface area contributed by atoms with Gasteiger partial charge in [-0.2, -0.15) is 0 Å². The van der Waals surface area contributed by atoms with Crippen molar-refractivity contribution in [3.63, 3.8) is 0 Å². The third kappa shape index (κ3) is 4.91. The quantitative estimate of drug-likeness (QED) is 0.577. The van der Waals surface area contributed by atoms with Crippen LogP contribution in [0.4, 0.5) is 21.0 Å². The second-order valence-corrected chi connectivity index (χ2v) is 7.12. The van der Waals surface area contributed by atoms with Gasteiger partial charge in [-0.05, 0) is 49.2 Å². The van der Waals surface area contributed by atoms with Gasteiger partial charge in [0.25, 0.3) is 0 Å². The number of carboxylic acid groups (broad SMARTS) is 1. The molecule has 3 N–H and O–H groups in total. The van der Waals surface area contributed by atoms with Crippen LogP contribution < -0.4 is 9.80 Å². The van der Waals surface area contributed by atoms with Gasteiger partial charge in [0.2, 0.25) is 11.5 Å². The number of amides is 2. The molecule has 2 aromatic carbocycles. The fraction of sp³-hybridized carbons (Fsp3) is 0.227. The van der Waals surface area contributed by atoms with E-state index in [1.54, 1.807) is 36.4 Å². The highest BCUT2D eigenvalue weighted by Gasteiger charge is 2.38. The van der Waals surface area contributed by atoms with Crippen LogP contribution in [0, 0.1) is 13.8 Å². The molecule has 1 unspecified atom stereocenters. The molecule has 32 heavy (non-hydrogen) atoms. The number of aliphatic hydroxyl groups excluding tert-OH is 2. The Balaban J connectivity index is 1.84. The number of anilines is 2. The van der Waals surface area contributed by atoms with Crippen molar-refractivity contribution < 1.29 is 39.2 Å². The van der Waals surface area contributed by atoms with Crippen molar-refractivity contribution in [3.8, 4) is 0 Å². The molecule has 0 aliphatic carbocycles. The third-order valence-electron chi connectivity index (χ3n) is 4.71. The third-order valence-corrected chi connectivity index (χ3v) is 4.71. The number of rotatable bonds is 6. The highest BCUT2D eigenvalue weighted by molar-refractivity contribution is 5.91. The van der Waals surface area contributed by atoms with E-state index in [4.69, 9.17) is 4.74 Å². The van der Waals surface area contributed by atoms with Gasteiger partial charge in [-0.3, -0.25) is 9.80 Å². The molecule has 0 fully saturated rings. The SMILES string of the molecule is Cc1cccc(N(CCN(C(=O)OC2OC(=O)C(O)=C2O)c2cccc(C)c2)C(=O)O)c1. The van der Waals surface area contributed by atoms with E-state index in [1.807, 2.05) is 26.0 Å². The van der Waals surface area contributed by atoms with Gasteiger partial charge in [-0.15, -0.1) is 0 Å². The van der Waals surface area contributed by atoms with E-state index < -0.39 is 36.0 Å². The minimum absolute atomic E-state index is 0.0979. The van der Waals surface area contributed by atoms with Crippen molar-refractivity contribution in [2.75, 3.05) is 22.9 Å². The van der Waals surface area contributed by atoms with Crippen molar-refractivity contribution >= 4 is 29.5 Å². The van der Waals surface area contributed by atoms with E-state index in [1.165, 1.54) is 0 Å². The fourth-order valence-electron chi connectivity index (χ4n) is 3.11. The van der Waals surface area contributed by atoms with E-state index in [0.29, 0.717) is 11.4 Å². The molecule has 168 valence electrons. The number of cyclic esters (lactones) is 1. The van der Waals surface area contributed by atoms with E-state index in [2.05, 4.69) is 4.74 Å². The van der Waals surface area contributed by atoms with Crippen LogP contribution in [0.1, 0.15) is 11.1 Å². The van der Waals surface area contributed by atoms with Crippen LogP contribution in [-0.4, -0.2) is 52.9 Å². The van der Waals surface area contributed by atoms with Gasteiger partial charge < -0.3 is 24.8 Å². The Morgan fingerprint density at radius 1 is 0.969 bits per heavy atom. The summed E-state index contributed by atoms with van der Waals surface area (Å²) in [6.07, 6.45) is -4.01. The van der Waals surface area contributed by atoms with Gasteiger partial charge in [0.1, 0.15) is 0 Å². The normalized spacial score (nSPS) is 15.3. The van der Waals surface area contributed by atoms with Crippen molar-refractivity contribution in [2.45, 2.75) is 20.1 Å². The Morgan fingerprint density at radius 2 is 1.50 bits per heavy atom. The maximum atomic E-state index is 12.9. The summed E-state index contributed by atoms with van der Waals surface area (Å²) in [6.45, 7) is 3.44. The monoisotopic (exact) mass is 442 g/mol. The smallest absolute Gasteiger partial charge is 0.417 e. The Labute approximate surface area is 183 Å². The van der Waals surface area contributed by atoms with Gasteiger partial charge in [0, 0.05) is 24.5 Å². The summed E-state index contributed by atoms with van der Waals surface area (Å²) in [5.74, 6) is -3.18. The number of hydrogen-bond acceptors (Lipinski definition) is 7. The molecule has 3 rings (SSSR count). The lowest BCUT2D eigenvalue weighted by Gasteiger charge is -2.27. The number of hydrogen-bond donors (Lipinski definition) is 3. The summed E-state index contributed by atoms with van der Waals surface area (Å²) in [7, 11) is 0. The van der Waals surface area contributed by atoms with E-state index in [-0.39, 0.29) is 13.1 Å². The first-order chi connectivity index (χ1) is 15.2. The van der Waals surface area contributed by atoms with Gasteiger partial charge >= 0.3 is 24.4 Å². The zero-order valence-corrected chi connectivity index (χ0v) is 17.4. The molecule has 2 amide bonds. The minimum atomic E-state index is -1.80. The van der Waals surface area contributed by atoms with Gasteiger partial charge in [0.15, 0.2) is 0 Å². The summed E-state index contributed by atoms with van der Waals surface area (Å²) >= 11 is 0. The summed E-state index contributed by atoms with van der Waals surface area (Å²) in [6, 6.07) is 13.7. The largest absolute Gasteiger partial charge is 0.503 e. The van der Waals surface area contributed by atoms with Crippen LogP contribution in [0.15, 0.2) is 60.0 Å². The molecule has 2 aromatic rings. The first-order valence-corrected chi connectivity index (χ1v) is 9.62. The number of carbonyl (C=O) groups excluding carboxylic acids is 2. The topological polar surface area (TPSA) is 137 Å². The Hall–Kier alpha value is -4.21. The van der Waals surface area contributed by atoms with Crippen LogP contribution in [0.5, 0.6) is 0 Å². The standard InChI is InChI=1S/C22H22N2O8/c1-13-5-3-7-15(11-13)23(21(28)29)9-10-24(16-8-4-6-14(2)12-16)22(30)32-20-18(26)17(25)19(27)31-20/h3-8,11-12,20,25-26H,9-10H2,1-2H3,(H,28,29). The average molecular weight is 442 g/mol. The van der Waals surface area contributed by atoms with Gasteiger partial charge in [-0.25, -0.2) is 14.4 Å². The van der Waals surface area contributed by atoms with Crippen LogP contribution in [0.25, 0.3) is 0 Å². The second-order valence-electron chi connectivity index (χ2n) is 7.12. The highest BCUT2D eigenvalue weighted by atomic mass is 16.7. The summed E-state index contributed by atoms with van der Waals surface area (Å²) < 4.78 is 9.67. The molecule has 0 saturated carbocycles. The zero-order valence-electron chi connectivity index (χ0n) is 17.4. The molecule has 0 spiro atoms. The van der Waals surface area contributed by atoms with Crippen molar-refractivity contribution in [1.82, 2.24) is 0 Å². The molecule has 1 aliphatic rings. The van der Waals surface area contributed by atoms with E-state index in [0.717, 1.165) is 20.9 Å². The molecule has 1 atom stereocenters. The maximum absolute atomic E-state index is 12.9. The average Bonchev–Trinajstić information content (AvgIpc) is 2.97. The zero-order chi connectivity index (χ0) is 23.4. The predicted molar refractivity (Wildman–Crippen MR) is 114 cm³/mol. The molecule has 0 radical (unpaired) electrons. The first kappa shape index (κ1) is 22.5. The first-order valence-electron chi connectivity index (χ1n) is 9.62. The Kier molecular flexibility index (Phi) is 6.53. The second kappa shape index (κ2) is 9.29. The number of nitrogens with zero attached hydrogens (tertiary/aromatic N) is 2. The number of aryl methyl sites for hydroxylation is 2. The van der Waals surface area contributed by atoms with Crippen molar-refractivity contribution in [3.05, 3.63) is 71.2 Å². The van der Waals surface area contributed by atoms with Gasteiger partial charge in [0.05, 0.1) is 0 Å². The Bertz CT molecular complexity index is 1080. The lowest BCUT2D eigenvalue weighted by molar-refractivity contribution is -0.155. The number of ether oxygens (including phenoxy) is 2. The summed E-state index contributed by atoms with van der Waals surface area (Å²) in [5, 5.41) is 28.8. The van der Waals surface area contributed by atoms with Crippen LogP contribution >= 0.6 is 0 Å². The van der Waals surface area contributed by atoms with E-state index in [9.17, 15) is 29.7 Å². The van der Waals surface area contributed by atoms with Crippen LogP contribution in [-0.2, 0) is 14.3 Å². The molecule has 0 bridgehead atoms. The fourth-order valence-corrected chi connectivity index (χ4v) is 3.11. The van der Waals surface area contributed by atoms with Crippen molar-refractivity contribution in [2.24, 2.45) is 0 Å². The number of benzene rings is 2. The lowest BCUT2D eigenvalue weighted by atomic mass is 10.2. The van der Waals surface area contributed by atoms with Crippen LogP contribution in [0.2, 0.25) is 0 Å². The van der Waals surface area contributed by atoms with E-state index >= 15 is 0 Å². The Morgan fingerprint density at radius 3 is 1.97 bits per heavy atom.